The molecule has 4 amide bonds. The van der Waals surface area contributed by atoms with Crippen molar-refractivity contribution in [3.8, 4) is 41.2 Å². The molecule has 0 saturated carbocycles. The molecular weight excluding hydrogens is 1760 g/mol. The summed E-state index contributed by atoms with van der Waals surface area (Å²) in [4.78, 5) is 85.5. The van der Waals surface area contributed by atoms with Crippen LogP contribution in [0.4, 0.5) is 46.4 Å². The van der Waals surface area contributed by atoms with Crippen LogP contribution in [0.3, 0.4) is 0 Å². The number of hydrogen-bond acceptors (Lipinski definition) is 24. The number of rotatable bonds is 16. The monoisotopic (exact) mass is 1830 g/mol. The molecule has 4 aliphatic rings. The number of ether oxygens (including phenoxy) is 4. The maximum absolute atomic E-state index is 13.0. The van der Waals surface area contributed by atoms with Crippen molar-refractivity contribution >= 4 is 169 Å². The number of amides is 4. The van der Waals surface area contributed by atoms with Gasteiger partial charge in [0.1, 0.15) is 43.8 Å². The van der Waals surface area contributed by atoms with Crippen molar-refractivity contribution in [1.82, 2.24) is 50.5 Å². The predicted molar refractivity (Wildman–Crippen MR) is 461 cm³/mol. The SMILES string of the molecule is C#Cc1ccc(NC(=O)C=C)cc1.C1COCCN1.C=CC(=O)Nc1ccc(C#Cc2cc(Cl)nc(N3CCOCC3)c2)cc1.C=CC(=O)Nc1ccc(CCNC(=O)c2cc(-c3cnc(N)nc3)nc(N3CCOCC3)c2)cc1.Clc1cc(I)cc(Cl)n1.Clc1cc(I)cc(N2CCOCC2)n1.Nc1ncc(O[B]O)cn1. The van der Waals surface area contributed by atoms with Gasteiger partial charge in [-0.1, -0.05) is 96.0 Å². The molecule has 0 atom stereocenters. The Kier molecular flexibility index (Phi) is 39.9. The Labute approximate surface area is 703 Å². The van der Waals surface area contributed by atoms with Crippen LogP contribution < -0.4 is 57.4 Å². The minimum absolute atomic E-state index is 0.172. The number of carbonyl (C=O) groups excluding carboxylic acids is 4. The summed E-state index contributed by atoms with van der Waals surface area (Å²) < 4.78 is 27.7. The van der Waals surface area contributed by atoms with E-state index in [1.807, 2.05) is 54.6 Å². The summed E-state index contributed by atoms with van der Waals surface area (Å²) in [6.45, 7) is 23.4. The molecule has 113 heavy (non-hydrogen) atoms. The molecule has 10 heterocycles. The lowest BCUT2D eigenvalue weighted by Gasteiger charge is -2.28. The first-order chi connectivity index (χ1) is 54.7. The van der Waals surface area contributed by atoms with Crippen LogP contribution in [0.2, 0.25) is 20.6 Å². The van der Waals surface area contributed by atoms with Crippen LogP contribution in [0.15, 0.2) is 184 Å². The molecule has 1 radical (unpaired) electrons. The van der Waals surface area contributed by atoms with Gasteiger partial charge in [-0.15, -0.1) is 6.42 Å². The number of nitrogens with zero attached hydrogens (tertiary/aromatic N) is 11. The number of carbonyl (C=O) groups is 4. The number of pyridine rings is 4. The summed E-state index contributed by atoms with van der Waals surface area (Å²) in [5.74, 6) is 10.9. The Morgan fingerprint density at radius 1 is 0.540 bits per heavy atom. The summed E-state index contributed by atoms with van der Waals surface area (Å²) >= 11 is 27.5. The topological polar surface area (TPSA) is 360 Å². The number of benzene rings is 3. The minimum Gasteiger partial charge on any atom is -0.535 e. The Hall–Kier alpha value is -10.1. The summed E-state index contributed by atoms with van der Waals surface area (Å²) in [5.41, 5.74) is 18.1. The average molecular weight is 1840 g/mol. The van der Waals surface area contributed by atoms with Gasteiger partial charge in [-0.05, 0) is 185 Å². The smallest absolute Gasteiger partial charge is 0.535 e. The first kappa shape index (κ1) is 90.1. The van der Waals surface area contributed by atoms with Gasteiger partial charge in [0.2, 0.25) is 29.6 Å². The number of aromatic nitrogens is 8. The molecule has 10 N–H and O–H groups in total. The number of hydrogen-bond donors (Lipinski definition) is 8. The van der Waals surface area contributed by atoms with E-state index in [4.69, 9.17) is 93.2 Å². The van der Waals surface area contributed by atoms with E-state index < -0.39 is 0 Å². The molecule has 13 rings (SSSR count). The van der Waals surface area contributed by atoms with E-state index in [9.17, 15) is 19.2 Å². The van der Waals surface area contributed by atoms with E-state index in [1.54, 1.807) is 79.1 Å². The lowest BCUT2D eigenvalue weighted by atomic mass is 10.1. The van der Waals surface area contributed by atoms with Crippen LogP contribution in [-0.4, -0.2) is 188 Å². The zero-order valence-corrected chi connectivity index (χ0v) is 68.4. The van der Waals surface area contributed by atoms with Crippen LogP contribution >= 0.6 is 91.6 Å². The maximum Gasteiger partial charge on any atom is 0.569 e. The van der Waals surface area contributed by atoms with Crippen molar-refractivity contribution in [3.63, 3.8) is 0 Å². The molecule has 9 aromatic rings. The highest BCUT2D eigenvalue weighted by molar-refractivity contribution is 14.1. The number of nitrogens with one attached hydrogen (secondary N) is 5. The van der Waals surface area contributed by atoms with Crippen molar-refractivity contribution in [1.29, 1.82) is 0 Å². The predicted octanol–water partition coefficient (Wildman–Crippen LogP) is 10.7. The second-order valence-electron chi connectivity index (χ2n) is 23.4. The summed E-state index contributed by atoms with van der Waals surface area (Å²) in [6, 6.07) is 36.3. The number of nitrogens with two attached hydrogens (primary N) is 2. The number of morpholine rings is 4. The van der Waals surface area contributed by atoms with E-state index in [1.165, 1.54) is 30.6 Å². The summed E-state index contributed by atoms with van der Waals surface area (Å²) in [6.07, 6.45) is 15.4. The molecule has 0 spiro atoms. The molecular formula is C78H80BCl4I2N18O10. The van der Waals surface area contributed by atoms with Crippen molar-refractivity contribution in [2.75, 3.05) is 154 Å². The van der Waals surface area contributed by atoms with Gasteiger partial charge in [-0.2, -0.15) is 0 Å². The highest BCUT2D eigenvalue weighted by Gasteiger charge is 2.20. The fraction of sp³-hybridized carbons (Fsp3) is 0.231. The summed E-state index contributed by atoms with van der Waals surface area (Å²) in [5, 5.41) is 24.2. The Bertz CT molecular complexity index is 4590. The summed E-state index contributed by atoms with van der Waals surface area (Å²) in [7, 11) is 0.550. The van der Waals surface area contributed by atoms with Gasteiger partial charge in [-0.3, -0.25) is 19.2 Å². The standard InChI is InChI=1S/C25H27N7O3.C20H18ClN3O2.C11H9NO.C9H10ClIN2O.C5H2Cl2IN.C4H5BN3O2.C4H9NO/c1-2-23(33)30-20-5-3-17(4-6-20)7-8-27-24(34)18-13-21(19-15-28-25(26)29-16-19)31-22(14-18)32-9-11-35-12-10-32;1-2-20(25)22-17-7-5-15(6-8-17)3-4-16-13-18(21)23-19(14-16)24-9-11-26-12-10-24;1-3-9-5-7-10(8-6-9)12-11(13)4-2;10-8-5-7(11)6-9(12-8)13-1-3-14-4-2-13;6-4-1-3(8)2-5(7)9-4;6-4-7-1-3(2-8-4)10-5-9;1-3-6-4-2-5-1/h2-6,13-16H,1,7-12H2,(H,27,34)(H,30,33)(H2,26,28,29);2,5-8,13-14H,1,9-12H2,(H,22,25);1,4-8H,2H2,(H,12,13);5-6H,1-4H2;1-2H;1-2,9H,(H2,6,7,8);5H,1-4H2. The molecule has 0 bridgehead atoms. The van der Waals surface area contributed by atoms with E-state index in [0.29, 0.717) is 126 Å². The zero-order valence-electron chi connectivity index (χ0n) is 61.1. The molecule has 28 nitrogen and oxygen atoms in total. The first-order valence-corrected chi connectivity index (χ1v) is 38.3. The Morgan fingerprint density at radius 2 is 0.947 bits per heavy atom. The lowest BCUT2D eigenvalue weighted by Crippen LogP contribution is -2.37. The van der Waals surface area contributed by atoms with Crippen LogP contribution in [0.1, 0.15) is 32.6 Å². The van der Waals surface area contributed by atoms with Gasteiger partial charge in [-0.25, -0.2) is 39.9 Å². The first-order valence-electron chi connectivity index (χ1n) is 34.6. The van der Waals surface area contributed by atoms with Crippen LogP contribution in [0.5, 0.6) is 5.75 Å². The average Bonchev–Trinajstić information content (AvgIpc) is 0.811. The highest BCUT2D eigenvalue weighted by atomic mass is 127. The number of nitrogen functional groups attached to an aromatic ring is 2. The third-order valence-corrected chi connectivity index (χ3v) is 17.3. The fourth-order valence-corrected chi connectivity index (χ4v) is 12.3. The quantitative estimate of drug-likeness (QED) is 0.0146. The third-order valence-electron chi connectivity index (χ3n) is 15.3. The number of terminal acetylenes is 1. The van der Waals surface area contributed by atoms with Crippen LogP contribution in [0, 0.1) is 31.3 Å². The highest BCUT2D eigenvalue weighted by Crippen LogP contribution is 2.26. The van der Waals surface area contributed by atoms with Gasteiger partial charge >= 0.3 is 7.69 Å². The second kappa shape index (κ2) is 50.1. The van der Waals surface area contributed by atoms with Crippen molar-refractivity contribution in [3.05, 3.63) is 240 Å². The zero-order chi connectivity index (χ0) is 81.1. The van der Waals surface area contributed by atoms with Crippen LogP contribution in [0.25, 0.3) is 11.3 Å². The number of anilines is 8. The van der Waals surface area contributed by atoms with E-state index >= 15 is 0 Å². The molecule has 0 aliphatic carbocycles. The van der Waals surface area contributed by atoms with Gasteiger partial charge in [0, 0.05) is 123 Å². The molecule has 4 saturated heterocycles. The molecule has 35 heteroatoms. The Morgan fingerprint density at radius 3 is 1.37 bits per heavy atom. The molecule has 0 unspecified atom stereocenters. The van der Waals surface area contributed by atoms with Crippen molar-refractivity contribution < 1.29 is 47.8 Å². The molecule has 4 fully saturated rings. The van der Waals surface area contributed by atoms with E-state index in [-0.39, 0.29) is 35.5 Å². The second-order valence-corrected chi connectivity index (χ2v) is 27.4. The van der Waals surface area contributed by atoms with Gasteiger partial charge in [0.15, 0.2) is 0 Å². The van der Waals surface area contributed by atoms with Crippen molar-refractivity contribution in [2.45, 2.75) is 6.42 Å². The van der Waals surface area contributed by atoms with E-state index in [0.717, 1.165) is 107 Å². The minimum atomic E-state index is -0.260. The fourth-order valence-electron chi connectivity index (χ4n) is 9.72. The molecule has 587 valence electrons. The maximum atomic E-state index is 13.0. The lowest BCUT2D eigenvalue weighted by molar-refractivity contribution is -0.112. The van der Waals surface area contributed by atoms with Crippen LogP contribution in [-0.2, 0) is 39.8 Å². The molecule has 4 aliphatic heterocycles. The van der Waals surface area contributed by atoms with E-state index in [2.05, 4.69) is 164 Å². The third kappa shape index (κ3) is 34.4. The van der Waals surface area contributed by atoms with Crippen molar-refractivity contribution in [2.24, 2.45) is 0 Å². The molecule has 6 aromatic heterocycles. The Balaban J connectivity index is 0.000000198. The number of halogens is 6. The largest absolute Gasteiger partial charge is 0.569 e. The normalized spacial score (nSPS) is 13.1. The van der Waals surface area contributed by atoms with Gasteiger partial charge in [0.05, 0.1) is 70.9 Å². The van der Waals surface area contributed by atoms with Gasteiger partial charge < -0.3 is 81.4 Å². The molecule has 3 aromatic carbocycles. The van der Waals surface area contributed by atoms with Gasteiger partial charge in [0.25, 0.3) is 5.91 Å².